The first-order valence-electron chi connectivity index (χ1n) is 21.7. The summed E-state index contributed by atoms with van der Waals surface area (Å²) in [6.07, 6.45) is 6.90. The number of nitrogens with one attached hydrogen (secondary N) is 1. The van der Waals surface area contributed by atoms with Gasteiger partial charge in [-0.3, -0.25) is 24.5 Å². The van der Waals surface area contributed by atoms with Crippen LogP contribution in [0.2, 0.25) is 0 Å². The number of phenols is 1. The van der Waals surface area contributed by atoms with E-state index in [4.69, 9.17) is 19.4 Å². The fourth-order valence-electron chi connectivity index (χ4n) is 11.1. The number of anilines is 1. The molecule has 0 radical (unpaired) electrons. The van der Waals surface area contributed by atoms with Crippen LogP contribution in [-0.4, -0.2) is 96.7 Å². The van der Waals surface area contributed by atoms with Gasteiger partial charge < -0.3 is 34.4 Å². The number of carbonyl (C=O) groups is 4. The van der Waals surface area contributed by atoms with E-state index in [1.165, 1.54) is 33.5 Å². The lowest BCUT2D eigenvalue weighted by atomic mass is 9.69. The van der Waals surface area contributed by atoms with Crippen molar-refractivity contribution >= 4 is 29.9 Å². The topological polar surface area (TPSA) is 149 Å². The number of nitrogens with zero attached hydrogens (tertiary/aromatic N) is 3. The van der Waals surface area contributed by atoms with Crippen molar-refractivity contribution in [3.05, 3.63) is 118 Å². The number of likely N-dealkylation sites (tertiary alicyclic amines) is 1. The third kappa shape index (κ3) is 7.71. The summed E-state index contributed by atoms with van der Waals surface area (Å²) in [5, 5.41) is 19.6. The van der Waals surface area contributed by atoms with Gasteiger partial charge in [0, 0.05) is 72.4 Å². The van der Waals surface area contributed by atoms with E-state index in [-0.39, 0.29) is 41.9 Å². The molecule has 0 aromatic heterocycles. The molecule has 3 saturated heterocycles. The largest absolute Gasteiger partial charge is 0.508 e. The summed E-state index contributed by atoms with van der Waals surface area (Å²) in [5.41, 5.74) is 8.98. The van der Waals surface area contributed by atoms with Crippen LogP contribution in [0.25, 0.3) is 0 Å². The minimum absolute atomic E-state index is 0.0524. The quantitative estimate of drug-likeness (QED) is 0.142. The van der Waals surface area contributed by atoms with Crippen molar-refractivity contribution in [1.82, 2.24) is 15.1 Å². The number of fused-ring (bicyclic) bond motifs is 4. The molecule has 5 aliphatic heterocycles. The number of hydrogen-bond donors (Lipinski definition) is 3. The van der Waals surface area contributed by atoms with Crippen molar-refractivity contribution in [2.24, 2.45) is 5.92 Å². The molecule has 0 bridgehead atoms. The summed E-state index contributed by atoms with van der Waals surface area (Å²) in [7, 11) is 1.79. The molecule has 3 atom stereocenters. The Hall–Kier alpha value is -5.88. The van der Waals surface area contributed by atoms with Gasteiger partial charge in [-0.25, -0.2) is 0 Å². The van der Waals surface area contributed by atoms with Crippen LogP contribution in [0, 0.1) is 5.92 Å². The second kappa shape index (κ2) is 16.9. The van der Waals surface area contributed by atoms with Crippen LogP contribution in [0.4, 0.5) is 5.69 Å². The van der Waals surface area contributed by atoms with Gasteiger partial charge in [-0.15, -0.1) is 0 Å². The number of methoxy groups -OCH3 is 1. The molecule has 0 unspecified atom stereocenters. The zero-order chi connectivity index (χ0) is 42.3. The van der Waals surface area contributed by atoms with Gasteiger partial charge in [-0.2, -0.15) is 0 Å². The van der Waals surface area contributed by atoms with Crippen molar-refractivity contribution in [2.45, 2.75) is 81.2 Å². The first-order valence-corrected chi connectivity index (χ1v) is 21.7. The van der Waals surface area contributed by atoms with Gasteiger partial charge in [0.05, 0.1) is 13.7 Å². The first kappa shape index (κ1) is 40.5. The summed E-state index contributed by atoms with van der Waals surface area (Å²) < 4.78 is 12.5. The number of aromatic hydroxyl groups is 1. The van der Waals surface area contributed by atoms with Gasteiger partial charge in [-0.1, -0.05) is 42.5 Å². The maximum absolute atomic E-state index is 13.4. The van der Waals surface area contributed by atoms with Crippen LogP contribution in [0.5, 0.6) is 17.2 Å². The summed E-state index contributed by atoms with van der Waals surface area (Å²) in [6, 6.07) is 27.0. The van der Waals surface area contributed by atoms with Crippen molar-refractivity contribution in [2.75, 3.05) is 51.3 Å². The van der Waals surface area contributed by atoms with E-state index in [0.29, 0.717) is 42.7 Å². The van der Waals surface area contributed by atoms with E-state index >= 15 is 0 Å². The average Bonchev–Trinajstić information content (AvgIpc) is 3.79. The lowest BCUT2D eigenvalue weighted by Gasteiger charge is -2.41. The normalized spacial score (nSPS) is 23.3. The molecular formula is C49H54N4O8. The number of hydrogen-bond acceptors (Lipinski definition) is 9. The summed E-state index contributed by atoms with van der Waals surface area (Å²) in [4.78, 5) is 52.9. The fourth-order valence-corrected chi connectivity index (χ4v) is 11.1. The highest BCUT2D eigenvalue weighted by Crippen LogP contribution is 2.51. The highest BCUT2D eigenvalue weighted by atomic mass is 16.5. The number of carbonyl (C=O) groups excluding carboxylic acids is 3. The van der Waals surface area contributed by atoms with E-state index in [0.717, 1.165) is 88.3 Å². The predicted octanol–water partition coefficient (Wildman–Crippen LogP) is 6.37. The zero-order valence-corrected chi connectivity index (χ0v) is 34.7. The van der Waals surface area contributed by atoms with Crippen molar-refractivity contribution in [3.63, 3.8) is 0 Å². The van der Waals surface area contributed by atoms with Crippen LogP contribution in [0.1, 0.15) is 101 Å². The number of ether oxygens (including phenoxy) is 2. The number of piperidine rings is 3. The van der Waals surface area contributed by atoms with Crippen LogP contribution in [-0.2, 0) is 32.8 Å². The molecule has 4 aromatic carbocycles. The molecule has 1 aliphatic carbocycles. The van der Waals surface area contributed by atoms with Crippen LogP contribution < -0.4 is 19.7 Å². The molecule has 1 spiro atoms. The number of phenolic OH excluding ortho intramolecular Hbond substituents is 1. The van der Waals surface area contributed by atoms with E-state index < -0.39 is 6.04 Å². The molecule has 0 saturated carbocycles. The number of aryl methyl sites for hydroxylation is 1. The van der Waals surface area contributed by atoms with Gasteiger partial charge in [0.1, 0.15) is 23.3 Å². The molecule has 61 heavy (non-hydrogen) atoms. The zero-order valence-electron chi connectivity index (χ0n) is 34.7. The van der Waals surface area contributed by atoms with Gasteiger partial charge in [0.15, 0.2) is 0 Å². The Bertz CT molecular complexity index is 2320. The molecular weight excluding hydrogens is 773 g/mol. The lowest BCUT2D eigenvalue weighted by Crippen LogP contribution is -2.52. The summed E-state index contributed by atoms with van der Waals surface area (Å²) in [6.45, 7) is 5.98. The lowest BCUT2D eigenvalue weighted by molar-refractivity contribution is -0.137. The fraction of sp³-hybridized carbons (Fsp3) is 0.429. The molecule has 318 valence electrons. The second-order valence-electron chi connectivity index (χ2n) is 17.7. The van der Waals surface area contributed by atoms with Crippen molar-refractivity contribution < 1.29 is 38.9 Å². The second-order valence-corrected chi connectivity index (χ2v) is 17.7. The first-order chi connectivity index (χ1) is 29.7. The number of imide groups is 1. The summed E-state index contributed by atoms with van der Waals surface area (Å²) in [5.74, 6) is 2.34. The smallest absolute Gasteiger partial charge is 0.290 e. The highest BCUT2D eigenvalue weighted by molar-refractivity contribution is 6.05. The molecule has 3 amide bonds. The highest BCUT2D eigenvalue weighted by Gasteiger charge is 2.46. The van der Waals surface area contributed by atoms with Crippen molar-refractivity contribution in [1.29, 1.82) is 0 Å². The van der Waals surface area contributed by atoms with E-state index in [2.05, 4.69) is 75.8 Å². The summed E-state index contributed by atoms with van der Waals surface area (Å²) >= 11 is 0. The average molecular weight is 827 g/mol. The Balaban J connectivity index is 0.00000154. The third-order valence-corrected chi connectivity index (χ3v) is 14.4. The minimum atomic E-state index is -0.614. The monoisotopic (exact) mass is 826 g/mol. The maximum Gasteiger partial charge on any atom is 0.290 e. The molecule has 4 aromatic rings. The predicted molar refractivity (Wildman–Crippen MR) is 229 cm³/mol. The van der Waals surface area contributed by atoms with E-state index in [1.807, 2.05) is 18.2 Å². The van der Waals surface area contributed by atoms with Gasteiger partial charge in [-0.05, 0) is 122 Å². The Kier molecular flexibility index (Phi) is 11.2. The molecule has 10 rings (SSSR count). The maximum atomic E-state index is 13.4. The van der Waals surface area contributed by atoms with Crippen molar-refractivity contribution in [3.8, 4) is 17.2 Å². The van der Waals surface area contributed by atoms with Gasteiger partial charge >= 0.3 is 0 Å². The number of amides is 3. The Labute approximate surface area is 356 Å². The Morgan fingerprint density at radius 1 is 0.869 bits per heavy atom. The molecule has 6 aliphatic rings. The van der Waals surface area contributed by atoms with E-state index in [9.17, 15) is 19.5 Å². The third-order valence-electron chi connectivity index (χ3n) is 14.4. The van der Waals surface area contributed by atoms with Crippen LogP contribution in [0.15, 0.2) is 78.9 Å². The molecule has 3 N–H and O–H groups in total. The van der Waals surface area contributed by atoms with Gasteiger partial charge in [0.25, 0.3) is 12.4 Å². The Morgan fingerprint density at radius 2 is 1.62 bits per heavy atom. The number of carboxylic acid groups (broad SMARTS) is 1. The van der Waals surface area contributed by atoms with Crippen LogP contribution in [0.3, 0.4) is 0 Å². The minimum Gasteiger partial charge on any atom is -0.508 e. The van der Waals surface area contributed by atoms with E-state index in [1.54, 1.807) is 12.0 Å². The van der Waals surface area contributed by atoms with Gasteiger partial charge in [0.2, 0.25) is 11.8 Å². The molecule has 3 fully saturated rings. The molecule has 12 nitrogen and oxygen atoms in total. The van der Waals surface area contributed by atoms with Crippen LogP contribution >= 0.6 is 0 Å². The number of rotatable bonds is 7. The number of benzene rings is 4. The standard InChI is InChI=1S/C48H52N4O6.CH2O2/c1-57-42-25-34(8-11-38(42)45-36(31-5-3-2-4-6-31)10-7-32-23-35(53)9-12-37(32)45)51-19-15-30(16-20-51)27-50-21-17-48(18-22-50)29-58-43-26-39-33(24-40(43)48)28-52(47(39)56)41-13-14-44(54)49-46(41)55;2-1-3/h2-6,8-9,11-12,23-26,30,36,41,45,53H,7,10,13-22,27-29H2,1H3,(H,49,54,55);1H,(H,2,3)/t36-,41-,45+;/m1./s1. The Morgan fingerprint density at radius 3 is 2.36 bits per heavy atom. The molecule has 5 heterocycles. The SMILES string of the molecule is COc1cc(N2CCC(CN3CCC4(CC3)COc3cc5c(cc34)CN([C@@H]3CCC(=O)NC3=O)C5=O)CC2)ccc1[C@@H]1c2ccc(O)cc2CC[C@@H]1c1ccccc1.O=CO. The molecule has 12 heteroatoms.